The van der Waals surface area contributed by atoms with Crippen molar-refractivity contribution in [3.63, 3.8) is 0 Å². The van der Waals surface area contributed by atoms with Gasteiger partial charge in [-0.15, -0.1) is 11.3 Å². The second-order valence-electron chi connectivity index (χ2n) is 4.78. The number of hydrogen-bond donors (Lipinski definition) is 1. The molecule has 1 aromatic carbocycles. The molecule has 0 unspecified atom stereocenters. The van der Waals surface area contributed by atoms with Crippen LogP contribution >= 0.6 is 23.6 Å². The van der Waals surface area contributed by atoms with E-state index in [4.69, 9.17) is 17.5 Å². The average Bonchev–Trinajstić information content (AvgIpc) is 2.91. The zero-order valence-corrected chi connectivity index (χ0v) is 12.9. The first-order chi connectivity index (χ1) is 9.60. The fourth-order valence-corrected chi connectivity index (χ4v) is 3.62. The molecule has 3 nitrogen and oxygen atoms in total. The lowest BCUT2D eigenvalue weighted by atomic mass is 10.2. The van der Waals surface area contributed by atoms with E-state index in [1.165, 1.54) is 15.3 Å². The Hall–Kier alpha value is -1.90. The van der Waals surface area contributed by atoms with Crippen molar-refractivity contribution in [3.05, 3.63) is 49.9 Å². The van der Waals surface area contributed by atoms with Gasteiger partial charge in [0.25, 0.3) is 0 Å². The summed E-state index contributed by atoms with van der Waals surface area (Å²) in [6.07, 6.45) is 0. The summed E-state index contributed by atoms with van der Waals surface area (Å²) in [5, 5.41) is 9.15. The Morgan fingerprint density at radius 3 is 2.85 bits per heavy atom. The number of hydrogen-bond acceptors (Lipinski definition) is 3. The molecule has 20 heavy (non-hydrogen) atoms. The van der Waals surface area contributed by atoms with Gasteiger partial charge in [0.15, 0.2) is 4.77 Å². The molecule has 0 amide bonds. The fraction of sp³-hybridized carbons (Fsp3) is 0.200. The molecule has 0 fully saturated rings. The maximum Gasteiger partial charge on any atom is 0.178 e. The van der Waals surface area contributed by atoms with E-state index in [0.717, 1.165) is 17.6 Å². The van der Waals surface area contributed by atoms with Gasteiger partial charge < -0.3 is 9.55 Å². The lowest BCUT2D eigenvalue weighted by molar-refractivity contribution is 0.823. The van der Waals surface area contributed by atoms with Crippen LogP contribution in [-0.2, 0) is 6.54 Å². The van der Waals surface area contributed by atoms with E-state index < -0.39 is 0 Å². The predicted octanol–water partition coefficient (Wildman–Crippen LogP) is 4.30. The minimum Gasteiger partial charge on any atom is -0.329 e. The number of aromatic nitrogens is 2. The molecular weight excluding hydrogens is 286 g/mol. The third-order valence-corrected chi connectivity index (χ3v) is 4.92. The topological polar surface area (TPSA) is 44.5 Å². The molecule has 2 aromatic heterocycles. The predicted molar refractivity (Wildman–Crippen MR) is 84.7 cm³/mol. The number of aromatic amines is 1. The fourth-order valence-electron chi connectivity index (χ4n) is 2.31. The van der Waals surface area contributed by atoms with Crippen molar-refractivity contribution in [2.24, 2.45) is 0 Å². The molecule has 0 atom stereocenters. The van der Waals surface area contributed by atoms with Crippen LogP contribution in [0, 0.1) is 29.9 Å². The van der Waals surface area contributed by atoms with Crippen LogP contribution in [0.4, 0.5) is 0 Å². The van der Waals surface area contributed by atoms with Gasteiger partial charge in [-0.3, -0.25) is 0 Å². The van der Waals surface area contributed by atoms with Crippen molar-refractivity contribution in [3.8, 4) is 6.07 Å². The number of H-pyrrole nitrogens is 1. The molecule has 5 heteroatoms. The van der Waals surface area contributed by atoms with Crippen molar-refractivity contribution in [2.75, 3.05) is 0 Å². The number of para-hydroxylation sites is 1. The number of benzene rings is 1. The first-order valence-corrected chi connectivity index (χ1v) is 7.50. The maximum absolute atomic E-state index is 9.15. The number of fused-ring (bicyclic) bond motifs is 1. The smallest absolute Gasteiger partial charge is 0.178 e. The summed E-state index contributed by atoms with van der Waals surface area (Å²) in [5.74, 6) is 0. The first kappa shape index (κ1) is 13.1. The number of nitrogens with zero attached hydrogens (tertiary/aromatic N) is 2. The molecule has 0 bridgehead atoms. The lowest BCUT2D eigenvalue weighted by Gasteiger charge is -2.02. The molecule has 1 N–H and O–H groups in total. The number of rotatable bonds is 2. The Kier molecular flexibility index (Phi) is 3.20. The number of nitrogens with one attached hydrogen (secondary N) is 1. The Morgan fingerprint density at radius 2 is 2.20 bits per heavy atom. The van der Waals surface area contributed by atoms with E-state index in [1.807, 2.05) is 12.1 Å². The van der Waals surface area contributed by atoms with E-state index in [0.29, 0.717) is 10.3 Å². The Labute approximate surface area is 126 Å². The third-order valence-electron chi connectivity index (χ3n) is 3.46. The van der Waals surface area contributed by atoms with Crippen LogP contribution in [0.3, 0.4) is 0 Å². The molecule has 0 spiro atoms. The summed E-state index contributed by atoms with van der Waals surface area (Å²) < 4.78 is 2.71. The monoisotopic (exact) mass is 299 g/mol. The SMILES string of the molecule is Cc1cc(Cn2c(=S)[nH]c3c(C#N)cccc32)sc1C. The van der Waals surface area contributed by atoms with E-state index in [9.17, 15) is 0 Å². The largest absolute Gasteiger partial charge is 0.329 e. The quantitative estimate of drug-likeness (QED) is 0.717. The van der Waals surface area contributed by atoms with Crippen LogP contribution in [0.2, 0.25) is 0 Å². The van der Waals surface area contributed by atoms with Gasteiger partial charge in [-0.1, -0.05) is 6.07 Å². The van der Waals surface area contributed by atoms with Gasteiger partial charge in [-0.05, 0) is 49.8 Å². The van der Waals surface area contributed by atoms with Crippen molar-refractivity contribution >= 4 is 34.6 Å². The van der Waals surface area contributed by atoms with Crippen LogP contribution in [0.1, 0.15) is 20.9 Å². The highest BCUT2D eigenvalue weighted by Crippen LogP contribution is 2.24. The molecule has 0 aliphatic carbocycles. The molecule has 0 saturated heterocycles. The number of imidazole rings is 1. The Bertz CT molecular complexity index is 871. The molecule has 0 aliphatic heterocycles. The van der Waals surface area contributed by atoms with Gasteiger partial charge in [0.1, 0.15) is 6.07 Å². The maximum atomic E-state index is 9.15. The zero-order valence-electron chi connectivity index (χ0n) is 11.2. The first-order valence-electron chi connectivity index (χ1n) is 6.27. The van der Waals surface area contributed by atoms with E-state index in [2.05, 4.69) is 35.5 Å². The van der Waals surface area contributed by atoms with Crippen LogP contribution in [-0.4, -0.2) is 9.55 Å². The molecule has 0 radical (unpaired) electrons. The third kappa shape index (κ3) is 2.07. The summed E-state index contributed by atoms with van der Waals surface area (Å²) in [6.45, 7) is 5.00. The molecule has 0 saturated carbocycles. The highest BCUT2D eigenvalue weighted by molar-refractivity contribution is 7.71. The van der Waals surface area contributed by atoms with Gasteiger partial charge in [0.2, 0.25) is 0 Å². The summed E-state index contributed by atoms with van der Waals surface area (Å²) >= 11 is 7.20. The van der Waals surface area contributed by atoms with Crippen molar-refractivity contribution in [2.45, 2.75) is 20.4 Å². The van der Waals surface area contributed by atoms with Gasteiger partial charge in [0.05, 0.1) is 23.1 Å². The molecule has 2 heterocycles. The van der Waals surface area contributed by atoms with Crippen molar-refractivity contribution < 1.29 is 0 Å². The molecular formula is C15H13N3S2. The van der Waals surface area contributed by atoms with Gasteiger partial charge >= 0.3 is 0 Å². The number of thiophene rings is 1. The van der Waals surface area contributed by atoms with Crippen molar-refractivity contribution in [1.82, 2.24) is 9.55 Å². The molecule has 0 aliphatic rings. The van der Waals surface area contributed by atoms with E-state index >= 15 is 0 Å². The minimum atomic E-state index is 0.630. The normalized spacial score (nSPS) is 10.8. The molecule has 100 valence electrons. The van der Waals surface area contributed by atoms with Crippen LogP contribution in [0.5, 0.6) is 0 Å². The van der Waals surface area contributed by atoms with Crippen molar-refractivity contribution in [1.29, 1.82) is 5.26 Å². The van der Waals surface area contributed by atoms with Crippen LogP contribution in [0.15, 0.2) is 24.3 Å². The van der Waals surface area contributed by atoms with Gasteiger partial charge in [-0.2, -0.15) is 5.26 Å². The Balaban J connectivity index is 2.15. The minimum absolute atomic E-state index is 0.630. The summed E-state index contributed by atoms with van der Waals surface area (Å²) in [5.41, 5.74) is 3.75. The Morgan fingerprint density at radius 1 is 1.40 bits per heavy atom. The highest BCUT2D eigenvalue weighted by atomic mass is 32.1. The standard InChI is InChI=1S/C15H13N3S2/c1-9-6-12(20-10(9)2)8-18-13-5-3-4-11(7-16)14(13)17-15(18)19/h3-6H,8H2,1-2H3,(H,17,19). The number of aryl methyl sites for hydroxylation is 2. The summed E-state index contributed by atoms with van der Waals surface area (Å²) in [7, 11) is 0. The lowest BCUT2D eigenvalue weighted by Crippen LogP contribution is -1.97. The average molecular weight is 299 g/mol. The van der Waals surface area contributed by atoms with E-state index in [-0.39, 0.29) is 0 Å². The summed E-state index contributed by atoms with van der Waals surface area (Å²) in [4.78, 5) is 5.76. The second-order valence-corrected chi connectivity index (χ2v) is 6.51. The highest BCUT2D eigenvalue weighted by Gasteiger charge is 2.10. The zero-order chi connectivity index (χ0) is 14.3. The van der Waals surface area contributed by atoms with E-state index in [1.54, 1.807) is 17.4 Å². The van der Waals surface area contributed by atoms with Crippen LogP contribution in [0.25, 0.3) is 11.0 Å². The van der Waals surface area contributed by atoms with Crippen LogP contribution < -0.4 is 0 Å². The van der Waals surface area contributed by atoms with Gasteiger partial charge in [0, 0.05) is 9.75 Å². The second kappa shape index (κ2) is 4.89. The van der Waals surface area contributed by atoms with Gasteiger partial charge in [-0.25, -0.2) is 0 Å². The summed E-state index contributed by atoms with van der Waals surface area (Å²) in [6, 6.07) is 10.1. The molecule has 3 rings (SSSR count). The molecule has 3 aromatic rings. The number of nitriles is 1.